The molecule has 1 N–H and O–H groups in total. The molecule has 3 amide bonds. The van der Waals surface area contributed by atoms with Crippen LogP contribution in [0.5, 0.6) is 0 Å². The van der Waals surface area contributed by atoms with Crippen molar-refractivity contribution < 1.29 is 14.4 Å². The molecule has 1 aromatic carbocycles. The lowest BCUT2D eigenvalue weighted by molar-refractivity contribution is -0.138. The summed E-state index contributed by atoms with van der Waals surface area (Å²) in [6.07, 6.45) is 0.482. The zero-order valence-electron chi connectivity index (χ0n) is 11.9. The van der Waals surface area contributed by atoms with Gasteiger partial charge in [-0.2, -0.15) is 0 Å². The fourth-order valence-electron chi connectivity index (χ4n) is 2.33. The van der Waals surface area contributed by atoms with Gasteiger partial charge in [-0.3, -0.25) is 19.7 Å². The van der Waals surface area contributed by atoms with Crippen molar-refractivity contribution in [2.45, 2.75) is 33.2 Å². The van der Waals surface area contributed by atoms with Crippen LogP contribution in [0.4, 0.5) is 0 Å². The number of carbonyl (C=O) groups excluding carboxylic acids is 3. The second-order valence-electron chi connectivity index (χ2n) is 5.07. The van der Waals surface area contributed by atoms with E-state index in [9.17, 15) is 14.4 Å². The Morgan fingerprint density at radius 1 is 1.30 bits per heavy atom. The van der Waals surface area contributed by atoms with Crippen LogP contribution in [-0.4, -0.2) is 35.2 Å². The van der Waals surface area contributed by atoms with Gasteiger partial charge in [0.2, 0.25) is 11.8 Å². The molecule has 1 atom stereocenters. The van der Waals surface area contributed by atoms with Gasteiger partial charge < -0.3 is 4.90 Å². The maximum Gasteiger partial charge on any atom is 0.255 e. The van der Waals surface area contributed by atoms with Crippen molar-refractivity contribution >= 4 is 17.7 Å². The van der Waals surface area contributed by atoms with E-state index in [-0.39, 0.29) is 12.5 Å². The van der Waals surface area contributed by atoms with Crippen molar-refractivity contribution in [3.8, 4) is 0 Å². The summed E-state index contributed by atoms with van der Waals surface area (Å²) in [5, 5.41) is 2.27. The van der Waals surface area contributed by atoms with Crippen LogP contribution in [0.2, 0.25) is 0 Å². The highest BCUT2D eigenvalue weighted by Crippen LogP contribution is 2.16. The van der Waals surface area contributed by atoms with Crippen LogP contribution in [0.25, 0.3) is 0 Å². The number of piperazine rings is 1. The zero-order valence-corrected chi connectivity index (χ0v) is 11.9. The average molecular weight is 274 g/mol. The highest BCUT2D eigenvalue weighted by Gasteiger charge is 2.35. The third-order valence-electron chi connectivity index (χ3n) is 3.66. The van der Waals surface area contributed by atoms with Crippen molar-refractivity contribution in [1.82, 2.24) is 10.2 Å². The van der Waals surface area contributed by atoms with Gasteiger partial charge in [-0.25, -0.2) is 0 Å². The highest BCUT2D eigenvalue weighted by molar-refractivity contribution is 6.07. The Morgan fingerprint density at radius 3 is 2.60 bits per heavy atom. The van der Waals surface area contributed by atoms with E-state index in [0.717, 1.165) is 11.1 Å². The van der Waals surface area contributed by atoms with Gasteiger partial charge >= 0.3 is 0 Å². The summed E-state index contributed by atoms with van der Waals surface area (Å²) in [7, 11) is 0. The second-order valence-corrected chi connectivity index (χ2v) is 5.07. The topological polar surface area (TPSA) is 66.5 Å². The summed E-state index contributed by atoms with van der Waals surface area (Å²) in [5.74, 6) is -1.11. The van der Waals surface area contributed by atoms with Gasteiger partial charge in [0, 0.05) is 5.56 Å². The number of rotatable bonds is 2. The third-order valence-corrected chi connectivity index (χ3v) is 3.66. The Kier molecular flexibility index (Phi) is 3.88. The molecule has 1 fully saturated rings. The molecule has 1 aliphatic rings. The number of nitrogens with one attached hydrogen (secondary N) is 1. The van der Waals surface area contributed by atoms with Crippen molar-refractivity contribution in [2.24, 2.45) is 0 Å². The molecule has 5 nitrogen and oxygen atoms in total. The fraction of sp³-hybridized carbons (Fsp3) is 0.400. The van der Waals surface area contributed by atoms with Gasteiger partial charge in [0.25, 0.3) is 5.91 Å². The smallest absolute Gasteiger partial charge is 0.255 e. The maximum atomic E-state index is 12.5. The lowest BCUT2D eigenvalue weighted by Crippen LogP contribution is -2.59. The lowest BCUT2D eigenvalue weighted by atomic mass is 10.0. The molecule has 0 bridgehead atoms. The molecular formula is C15H18N2O3. The molecule has 1 heterocycles. The van der Waals surface area contributed by atoms with E-state index in [4.69, 9.17) is 0 Å². The monoisotopic (exact) mass is 274 g/mol. The number of benzene rings is 1. The minimum atomic E-state index is -0.582. The number of amides is 3. The van der Waals surface area contributed by atoms with Gasteiger partial charge in [-0.15, -0.1) is 0 Å². The van der Waals surface area contributed by atoms with E-state index >= 15 is 0 Å². The number of carbonyl (C=O) groups is 3. The Bertz CT molecular complexity index is 580. The summed E-state index contributed by atoms with van der Waals surface area (Å²) in [6.45, 7) is 5.64. The number of nitrogens with zero attached hydrogens (tertiary/aromatic N) is 1. The quantitative estimate of drug-likeness (QED) is 0.824. The van der Waals surface area contributed by atoms with Crippen molar-refractivity contribution in [1.29, 1.82) is 0 Å². The molecular weight excluding hydrogens is 256 g/mol. The molecule has 0 aliphatic carbocycles. The predicted octanol–water partition coefficient (Wildman–Crippen LogP) is 1.18. The van der Waals surface area contributed by atoms with Crippen molar-refractivity contribution in [2.75, 3.05) is 6.54 Å². The van der Waals surface area contributed by atoms with Gasteiger partial charge in [0.1, 0.15) is 12.6 Å². The first-order valence-corrected chi connectivity index (χ1v) is 6.66. The summed E-state index contributed by atoms with van der Waals surface area (Å²) in [4.78, 5) is 37.1. The highest BCUT2D eigenvalue weighted by atomic mass is 16.2. The van der Waals surface area contributed by atoms with Crippen molar-refractivity contribution in [3.63, 3.8) is 0 Å². The van der Waals surface area contributed by atoms with E-state index in [1.165, 1.54) is 4.90 Å². The molecule has 106 valence electrons. The van der Waals surface area contributed by atoms with E-state index in [1.54, 1.807) is 12.1 Å². The largest absolute Gasteiger partial charge is 0.317 e. The number of aryl methyl sites for hydroxylation is 2. The summed E-state index contributed by atoms with van der Waals surface area (Å²) >= 11 is 0. The van der Waals surface area contributed by atoms with Gasteiger partial charge in [-0.1, -0.05) is 13.0 Å². The van der Waals surface area contributed by atoms with Crippen LogP contribution in [-0.2, 0) is 9.59 Å². The Morgan fingerprint density at radius 2 is 2.00 bits per heavy atom. The Labute approximate surface area is 118 Å². The standard InChI is InChI=1S/C15H18N2O3/c1-4-12-14(19)16-13(18)8-17(12)15(20)11-6-5-9(2)10(3)7-11/h5-7,12H,4,8H2,1-3H3,(H,16,18,19). The molecule has 0 saturated carbocycles. The van der Waals surface area contributed by atoms with Crippen molar-refractivity contribution in [3.05, 3.63) is 34.9 Å². The maximum absolute atomic E-state index is 12.5. The fourth-order valence-corrected chi connectivity index (χ4v) is 2.33. The molecule has 0 aromatic heterocycles. The normalized spacial score (nSPS) is 18.9. The summed E-state index contributed by atoms with van der Waals surface area (Å²) < 4.78 is 0. The lowest BCUT2D eigenvalue weighted by Gasteiger charge is -2.33. The van der Waals surface area contributed by atoms with Gasteiger partial charge in [0.15, 0.2) is 0 Å². The first kappa shape index (κ1) is 14.2. The molecule has 1 aromatic rings. The second kappa shape index (κ2) is 5.45. The molecule has 5 heteroatoms. The number of hydrogen-bond acceptors (Lipinski definition) is 3. The first-order chi connectivity index (χ1) is 9.43. The summed E-state index contributed by atoms with van der Waals surface area (Å²) in [5.41, 5.74) is 2.62. The van der Waals surface area contributed by atoms with Crippen LogP contribution in [0.15, 0.2) is 18.2 Å². The molecule has 20 heavy (non-hydrogen) atoms. The van der Waals surface area contributed by atoms with Gasteiger partial charge in [-0.05, 0) is 43.5 Å². The van der Waals surface area contributed by atoms with Crippen LogP contribution in [0, 0.1) is 13.8 Å². The first-order valence-electron chi connectivity index (χ1n) is 6.66. The Balaban J connectivity index is 2.32. The van der Waals surface area contributed by atoms with Crippen LogP contribution < -0.4 is 5.32 Å². The van der Waals surface area contributed by atoms with E-state index in [0.29, 0.717) is 12.0 Å². The van der Waals surface area contributed by atoms with E-state index < -0.39 is 17.9 Å². The van der Waals surface area contributed by atoms with Crippen LogP contribution >= 0.6 is 0 Å². The van der Waals surface area contributed by atoms with Gasteiger partial charge in [0.05, 0.1) is 0 Å². The average Bonchev–Trinajstić information content (AvgIpc) is 2.40. The molecule has 2 rings (SSSR count). The minimum Gasteiger partial charge on any atom is -0.317 e. The van der Waals surface area contributed by atoms with E-state index in [1.807, 2.05) is 26.8 Å². The minimum absolute atomic E-state index is 0.0734. The van der Waals surface area contributed by atoms with Crippen LogP contribution in [0.1, 0.15) is 34.8 Å². The zero-order chi connectivity index (χ0) is 14.9. The van der Waals surface area contributed by atoms with Crippen LogP contribution in [0.3, 0.4) is 0 Å². The Hall–Kier alpha value is -2.17. The predicted molar refractivity (Wildman–Crippen MR) is 74.2 cm³/mol. The number of hydrogen-bond donors (Lipinski definition) is 1. The molecule has 0 spiro atoms. The summed E-state index contributed by atoms with van der Waals surface area (Å²) in [6, 6.07) is 4.81. The SMILES string of the molecule is CCC1C(=O)NC(=O)CN1C(=O)c1ccc(C)c(C)c1. The molecule has 1 aliphatic heterocycles. The molecule has 1 saturated heterocycles. The molecule has 0 radical (unpaired) electrons. The number of imide groups is 1. The van der Waals surface area contributed by atoms with E-state index in [2.05, 4.69) is 5.32 Å². The molecule has 1 unspecified atom stereocenters. The third kappa shape index (κ3) is 2.57.